The fourth-order valence-corrected chi connectivity index (χ4v) is 4.07. The number of hydrogen-bond donors (Lipinski definition) is 0. The van der Waals surface area contributed by atoms with Gasteiger partial charge in [0.2, 0.25) is 0 Å². The van der Waals surface area contributed by atoms with Crippen molar-refractivity contribution in [2.24, 2.45) is 5.92 Å². The van der Waals surface area contributed by atoms with Gasteiger partial charge in [0.25, 0.3) is 0 Å². The van der Waals surface area contributed by atoms with E-state index in [0.29, 0.717) is 5.92 Å². The summed E-state index contributed by atoms with van der Waals surface area (Å²) in [5, 5.41) is 0.782. The Kier molecular flexibility index (Phi) is 4.16. The van der Waals surface area contributed by atoms with Crippen molar-refractivity contribution >= 4 is 11.6 Å². The van der Waals surface area contributed by atoms with Crippen molar-refractivity contribution in [1.82, 2.24) is 0 Å². The van der Waals surface area contributed by atoms with Gasteiger partial charge in [-0.3, -0.25) is 0 Å². The first-order valence-corrected chi connectivity index (χ1v) is 9.02. The normalized spacial score (nSPS) is 19.8. The van der Waals surface area contributed by atoms with Gasteiger partial charge in [0, 0.05) is 10.9 Å². The molecular formula is C23H21Cl. The third-order valence-corrected chi connectivity index (χ3v) is 5.36. The summed E-state index contributed by atoms with van der Waals surface area (Å²) < 4.78 is 0. The highest BCUT2D eigenvalue weighted by Gasteiger charge is 2.25. The molecule has 3 aromatic rings. The molecule has 0 heterocycles. The minimum absolute atomic E-state index is 0.497. The molecule has 0 nitrogen and oxygen atoms in total. The Morgan fingerprint density at radius 2 is 1.62 bits per heavy atom. The second-order valence-corrected chi connectivity index (χ2v) is 7.37. The van der Waals surface area contributed by atoms with Gasteiger partial charge in [-0.15, -0.1) is 0 Å². The summed E-state index contributed by atoms with van der Waals surface area (Å²) in [6, 6.07) is 26.0. The van der Waals surface area contributed by atoms with E-state index in [-0.39, 0.29) is 0 Å². The summed E-state index contributed by atoms with van der Waals surface area (Å²) in [5.41, 5.74) is 6.92. The molecule has 120 valence electrons. The molecule has 0 spiro atoms. The summed E-state index contributed by atoms with van der Waals surface area (Å²) in [6.45, 7) is 2.37. The van der Waals surface area contributed by atoms with Crippen LogP contribution in [-0.4, -0.2) is 0 Å². The molecule has 0 unspecified atom stereocenters. The second-order valence-electron chi connectivity index (χ2n) is 6.93. The van der Waals surface area contributed by atoms with Gasteiger partial charge in [-0.05, 0) is 58.7 Å². The second kappa shape index (κ2) is 6.45. The number of benzene rings is 3. The number of rotatable bonds is 2. The van der Waals surface area contributed by atoms with E-state index in [1.807, 2.05) is 12.1 Å². The van der Waals surface area contributed by atoms with Crippen LogP contribution in [0.15, 0.2) is 72.8 Å². The van der Waals surface area contributed by atoms with Gasteiger partial charge in [0.05, 0.1) is 0 Å². The Balaban J connectivity index is 1.75. The third-order valence-electron chi connectivity index (χ3n) is 5.10. The lowest BCUT2D eigenvalue weighted by atomic mass is 9.74. The number of halogens is 1. The van der Waals surface area contributed by atoms with E-state index in [4.69, 9.17) is 11.6 Å². The van der Waals surface area contributed by atoms with Crippen LogP contribution < -0.4 is 0 Å². The Labute approximate surface area is 149 Å². The fourth-order valence-electron chi connectivity index (χ4n) is 3.94. The van der Waals surface area contributed by atoms with Crippen molar-refractivity contribution in [3.8, 4) is 11.1 Å². The minimum atomic E-state index is 0.497. The maximum Gasteiger partial charge on any atom is 0.0406 e. The maximum atomic E-state index is 6.02. The van der Waals surface area contributed by atoms with Crippen molar-refractivity contribution < 1.29 is 0 Å². The van der Waals surface area contributed by atoms with Gasteiger partial charge in [-0.2, -0.15) is 0 Å². The molecule has 4 rings (SSSR count). The highest BCUT2D eigenvalue weighted by molar-refractivity contribution is 6.30. The standard InChI is InChI=1S/C23H21Cl/c1-16-13-19-5-2-3-8-22(19)23(14-16)20-7-4-6-18(15-20)17-9-11-21(24)12-10-17/h2-12,15-16,23H,13-14H2,1H3/t16-,23+/m0/s1. The predicted molar refractivity (Wildman–Crippen MR) is 103 cm³/mol. The zero-order valence-corrected chi connectivity index (χ0v) is 14.6. The van der Waals surface area contributed by atoms with E-state index in [1.54, 1.807) is 0 Å². The van der Waals surface area contributed by atoms with Gasteiger partial charge in [-0.1, -0.05) is 79.2 Å². The van der Waals surface area contributed by atoms with E-state index in [1.165, 1.54) is 40.7 Å². The summed E-state index contributed by atoms with van der Waals surface area (Å²) in [7, 11) is 0. The van der Waals surface area contributed by atoms with Crippen LogP contribution in [0.25, 0.3) is 11.1 Å². The first kappa shape index (κ1) is 15.5. The van der Waals surface area contributed by atoms with E-state index in [2.05, 4.69) is 67.6 Å². The van der Waals surface area contributed by atoms with Gasteiger partial charge in [-0.25, -0.2) is 0 Å². The molecular weight excluding hydrogens is 312 g/mol. The van der Waals surface area contributed by atoms with Crippen LogP contribution >= 0.6 is 11.6 Å². The summed E-state index contributed by atoms with van der Waals surface area (Å²) in [4.78, 5) is 0. The summed E-state index contributed by atoms with van der Waals surface area (Å²) >= 11 is 6.02. The SMILES string of the molecule is C[C@H]1Cc2ccccc2[C@@H](c2cccc(-c3ccc(Cl)cc3)c2)C1. The van der Waals surface area contributed by atoms with Gasteiger partial charge < -0.3 is 0 Å². The Morgan fingerprint density at radius 1 is 0.833 bits per heavy atom. The first-order chi connectivity index (χ1) is 11.7. The minimum Gasteiger partial charge on any atom is -0.0843 e. The van der Waals surface area contributed by atoms with Gasteiger partial charge in [0.15, 0.2) is 0 Å². The van der Waals surface area contributed by atoms with Crippen molar-refractivity contribution in [2.75, 3.05) is 0 Å². The Morgan fingerprint density at radius 3 is 2.46 bits per heavy atom. The largest absolute Gasteiger partial charge is 0.0843 e. The zero-order chi connectivity index (χ0) is 16.5. The fraction of sp³-hybridized carbons (Fsp3) is 0.217. The molecule has 0 amide bonds. The maximum absolute atomic E-state index is 6.02. The zero-order valence-electron chi connectivity index (χ0n) is 13.9. The third kappa shape index (κ3) is 2.99. The highest BCUT2D eigenvalue weighted by Crippen LogP contribution is 2.40. The van der Waals surface area contributed by atoms with Crippen LogP contribution in [0, 0.1) is 5.92 Å². The average Bonchev–Trinajstić information content (AvgIpc) is 2.62. The molecule has 2 atom stereocenters. The van der Waals surface area contributed by atoms with E-state index in [0.717, 1.165) is 10.9 Å². The van der Waals surface area contributed by atoms with Crippen molar-refractivity contribution in [1.29, 1.82) is 0 Å². The van der Waals surface area contributed by atoms with E-state index in [9.17, 15) is 0 Å². The van der Waals surface area contributed by atoms with Crippen molar-refractivity contribution in [3.05, 3.63) is 94.5 Å². The first-order valence-electron chi connectivity index (χ1n) is 8.64. The summed E-state index contributed by atoms with van der Waals surface area (Å²) in [5.74, 6) is 1.22. The molecule has 0 fully saturated rings. The Bertz CT molecular complexity index is 848. The van der Waals surface area contributed by atoms with Crippen molar-refractivity contribution in [2.45, 2.75) is 25.7 Å². The topological polar surface area (TPSA) is 0 Å². The molecule has 1 aliphatic rings. The molecule has 1 heteroatoms. The molecule has 1 aliphatic carbocycles. The van der Waals surface area contributed by atoms with Crippen LogP contribution in [0.5, 0.6) is 0 Å². The molecule has 0 radical (unpaired) electrons. The van der Waals surface area contributed by atoms with Gasteiger partial charge in [0.1, 0.15) is 0 Å². The van der Waals surface area contributed by atoms with E-state index >= 15 is 0 Å². The summed E-state index contributed by atoms with van der Waals surface area (Å²) in [6.07, 6.45) is 2.42. The van der Waals surface area contributed by atoms with Crippen molar-refractivity contribution in [3.63, 3.8) is 0 Å². The quantitative estimate of drug-likeness (QED) is 0.488. The smallest absolute Gasteiger partial charge is 0.0406 e. The molecule has 0 aliphatic heterocycles. The van der Waals surface area contributed by atoms with Gasteiger partial charge >= 0.3 is 0 Å². The lowest BCUT2D eigenvalue weighted by molar-refractivity contribution is 0.464. The number of hydrogen-bond acceptors (Lipinski definition) is 0. The van der Waals surface area contributed by atoms with Crippen LogP contribution in [0.3, 0.4) is 0 Å². The molecule has 0 saturated heterocycles. The van der Waals surface area contributed by atoms with Crippen LogP contribution in [0.4, 0.5) is 0 Å². The van der Waals surface area contributed by atoms with E-state index < -0.39 is 0 Å². The average molecular weight is 333 g/mol. The Hall–Kier alpha value is -2.05. The predicted octanol–water partition coefficient (Wildman–Crippen LogP) is 6.72. The van der Waals surface area contributed by atoms with Crippen LogP contribution in [0.1, 0.15) is 36.0 Å². The molecule has 0 aromatic heterocycles. The highest BCUT2D eigenvalue weighted by atomic mass is 35.5. The van der Waals surface area contributed by atoms with Crippen LogP contribution in [-0.2, 0) is 6.42 Å². The molecule has 0 bridgehead atoms. The molecule has 0 saturated carbocycles. The van der Waals surface area contributed by atoms with Crippen LogP contribution in [0.2, 0.25) is 5.02 Å². The number of fused-ring (bicyclic) bond motifs is 1. The lowest BCUT2D eigenvalue weighted by Gasteiger charge is -2.30. The molecule has 0 N–H and O–H groups in total. The molecule has 3 aromatic carbocycles. The lowest BCUT2D eigenvalue weighted by Crippen LogP contribution is -2.17. The monoisotopic (exact) mass is 332 g/mol. The molecule has 24 heavy (non-hydrogen) atoms.